The van der Waals surface area contributed by atoms with Gasteiger partial charge in [0.15, 0.2) is 6.61 Å². The van der Waals surface area contributed by atoms with E-state index in [1.807, 2.05) is 32.7 Å². The average Bonchev–Trinajstić information content (AvgIpc) is 3.41. The van der Waals surface area contributed by atoms with Crippen molar-refractivity contribution in [2.75, 3.05) is 33.3 Å². The molecule has 6 heteroatoms. The van der Waals surface area contributed by atoms with Crippen LogP contribution in [0.1, 0.15) is 42.6 Å². The molecule has 2 fully saturated rings. The summed E-state index contributed by atoms with van der Waals surface area (Å²) in [5, 5.41) is 0. The van der Waals surface area contributed by atoms with Crippen molar-refractivity contribution >= 4 is 5.91 Å². The molecule has 0 atom stereocenters. The Balaban J connectivity index is 1.46. The highest BCUT2D eigenvalue weighted by Crippen LogP contribution is 2.30. The maximum atomic E-state index is 12.5. The molecule has 0 unspecified atom stereocenters. The topological polar surface area (TPSA) is 58.6 Å². The van der Waals surface area contributed by atoms with Crippen molar-refractivity contribution in [3.8, 4) is 6.01 Å². The predicted octanol–water partition coefficient (Wildman–Crippen LogP) is 2.11. The number of aryl methyl sites for hydroxylation is 2. The van der Waals surface area contributed by atoms with Crippen LogP contribution in [0.25, 0.3) is 0 Å². The van der Waals surface area contributed by atoms with Gasteiger partial charge in [-0.15, -0.1) is 0 Å². The molecule has 6 nitrogen and oxygen atoms in total. The van der Waals surface area contributed by atoms with Gasteiger partial charge >= 0.3 is 6.01 Å². The van der Waals surface area contributed by atoms with Crippen LogP contribution in [0, 0.1) is 26.7 Å². The Labute approximate surface area is 150 Å². The molecule has 0 radical (unpaired) electrons. The van der Waals surface area contributed by atoms with Crippen molar-refractivity contribution in [2.45, 2.75) is 52.5 Å². The normalized spacial score (nSPS) is 19.0. The molecular formula is C19H30N4O2. The fraction of sp³-hybridized carbons (Fsp3) is 0.737. The van der Waals surface area contributed by atoms with Crippen LogP contribution in [-0.2, 0) is 4.79 Å². The zero-order chi connectivity index (χ0) is 18.0. The van der Waals surface area contributed by atoms with Gasteiger partial charge in [-0.05, 0) is 57.9 Å². The van der Waals surface area contributed by atoms with E-state index in [2.05, 4.69) is 14.9 Å². The van der Waals surface area contributed by atoms with Crippen molar-refractivity contribution in [3.05, 3.63) is 17.0 Å². The molecule has 1 aliphatic carbocycles. The van der Waals surface area contributed by atoms with E-state index in [4.69, 9.17) is 4.74 Å². The highest BCUT2D eigenvalue weighted by atomic mass is 16.5. The highest BCUT2D eigenvalue weighted by molar-refractivity contribution is 5.77. The average molecular weight is 346 g/mol. The summed E-state index contributed by atoms with van der Waals surface area (Å²) in [4.78, 5) is 25.5. The first-order chi connectivity index (χ1) is 11.9. The van der Waals surface area contributed by atoms with Gasteiger partial charge in [0.25, 0.3) is 5.91 Å². The highest BCUT2D eigenvalue weighted by Gasteiger charge is 2.29. The Kier molecular flexibility index (Phi) is 5.57. The number of nitrogens with zero attached hydrogens (tertiary/aromatic N) is 4. The van der Waals surface area contributed by atoms with E-state index in [0.717, 1.165) is 48.8 Å². The van der Waals surface area contributed by atoms with Crippen LogP contribution in [0.5, 0.6) is 6.01 Å². The third-order valence-electron chi connectivity index (χ3n) is 5.65. The second-order valence-corrected chi connectivity index (χ2v) is 7.57. The Morgan fingerprint density at radius 3 is 2.28 bits per heavy atom. The molecule has 0 spiro atoms. The van der Waals surface area contributed by atoms with Crippen molar-refractivity contribution in [1.82, 2.24) is 19.8 Å². The maximum Gasteiger partial charge on any atom is 0.317 e. The fourth-order valence-electron chi connectivity index (χ4n) is 3.39. The first kappa shape index (κ1) is 18.1. The lowest BCUT2D eigenvalue weighted by Crippen LogP contribution is -2.47. The van der Waals surface area contributed by atoms with Gasteiger partial charge in [-0.25, -0.2) is 9.97 Å². The van der Waals surface area contributed by atoms with Crippen LogP contribution >= 0.6 is 0 Å². The lowest BCUT2D eigenvalue weighted by molar-refractivity contribution is -0.135. The van der Waals surface area contributed by atoms with Crippen molar-refractivity contribution in [2.24, 2.45) is 5.92 Å². The van der Waals surface area contributed by atoms with Crippen LogP contribution in [0.2, 0.25) is 0 Å². The number of likely N-dealkylation sites (tertiary alicyclic amines) is 1. The Morgan fingerprint density at radius 2 is 1.72 bits per heavy atom. The molecule has 0 aromatic carbocycles. The van der Waals surface area contributed by atoms with E-state index in [9.17, 15) is 4.79 Å². The fourth-order valence-corrected chi connectivity index (χ4v) is 3.39. The Morgan fingerprint density at radius 1 is 1.12 bits per heavy atom. The number of piperidine rings is 1. The number of amides is 1. The van der Waals surface area contributed by atoms with Crippen molar-refractivity contribution < 1.29 is 9.53 Å². The summed E-state index contributed by atoms with van der Waals surface area (Å²) in [6.45, 7) is 9.29. The monoisotopic (exact) mass is 346 g/mol. The maximum absolute atomic E-state index is 12.5. The molecule has 1 amide bonds. The molecule has 0 bridgehead atoms. The summed E-state index contributed by atoms with van der Waals surface area (Å²) >= 11 is 0. The largest absolute Gasteiger partial charge is 0.453 e. The van der Waals surface area contributed by atoms with Gasteiger partial charge < -0.3 is 14.5 Å². The number of rotatable bonds is 6. The molecule has 1 aromatic rings. The third kappa shape index (κ3) is 4.69. The number of hydrogen-bond donors (Lipinski definition) is 0. The number of ether oxygens (including phenoxy) is 1. The van der Waals surface area contributed by atoms with E-state index < -0.39 is 0 Å². The molecule has 2 heterocycles. The summed E-state index contributed by atoms with van der Waals surface area (Å²) in [7, 11) is 1.89. The minimum absolute atomic E-state index is 0.000115. The summed E-state index contributed by atoms with van der Waals surface area (Å²) in [6, 6.07) is 0.607. The SMILES string of the molecule is Cc1nc(OCC(=O)N(C)C2CCN(CC3CC3)CC2)nc(C)c1C. The van der Waals surface area contributed by atoms with Gasteiger partial charge in [0, 0.05) is 44.1 Å². The number of carbonyl (C=O) groups excluding carboxylic acids is 1. The predicted molar refractivity (Wildman–Crippen MR) is 96.7 cm³/mol. The summed E-state index contributed by atoms with van der Waals surface area (Å²) in [5.74, 6) is 0.936. The van der Waals surface area contributed by atoms with Crippen molar-refractivity contribution in [3.63, 3.8) is 0 Å². The molecule has 1 aromatic heterocycles. The summed E-state index contributed by atoms with van der Waals surface area (Å²) < 4.78 is 5.55. The number of carbonyl (C=O) groups is 1. The molecule has 3 rings (SSSR count). The second-order valence-electron chi connectivity index (χ2n) is 7.57. The summed E-state index contributed by atoms with van der Waals surface area (Å²) in [5.41, 5.74) is 2.85. The minimum Gasteiger partial charge on any atom is -0.453 e. The second kappa shape index (κ2) is 7.68. The number of aromatic nitrogens is 2. The van der Waals surface area contributed by atoms with Crippen LogP contribution < -0.4 is 4.74 Å². The first-order valence-corrected chi connectivity index (χ1v) is 9.36. The van der Waals surface area contributed by atoms with Crippen LogP contribution in [0.15, 0.2) is 0 Å². The molecule has 0 N–H and O–H groups in total. The van der Waals surface area contributed by atoms with Gasteiger partial charge in [0.05, 0.1) is 0 Å². The molecule has 138 valence electrons. The van der Waals surface area contributed by atoms with E-state index in [1.54, 1.807) is 0 Å². The lowest BCUT2D eigenvalue weighted by atomic mass is 10.0. The smallest absolute Gasteiger partial charge is 0.317 e. The zero-order valence-corrected chi connectivity index (χ0v) is 15.9. The Bertz CT molecular complexity index is 599. The van der Waals surface area contributed by atoms with Crippen molar-refractivity contribution in [1.29, 1.82) is 0 Å². The minimum atomic E-state index is 0.000115. The first-order valence-electron chi connectivity index (χ1n) is 9.36. The molecular weight excluding hydrogens is 316 g/mol. The number of hydrogen-bond acceptors (Lipinski definition) is 5. The van der Waals surface area contributed by atoms with Crippen LogP contribution in [-0.4, -0.2) is 65.0 Å². The van der Waals surface area contributed by atoms with Gasteiger partial charge in [-0.2, -0.15) is 0 Å². The lowest BCUT2D eigenvalue weighted by Gasteiger charge is -2.36. The van der Waals surface area contributed by atoms with Crippen LogP contribution in [0.3, 0.4) is 0 Å². The standard InChI is InChI=1S/C19H30N4O2/c1-13-14(2)20-19(21-15(13)3)25-12-18(24)22(4)17-7-9-23(10-8-17)11-16-5-6-16/h16-17H,5-12H2,1-4H3. The van der Waals surface area contributed by atoms with Crippen LogP contribution in [0.4, 0.5) is 0 Å². The van der Waals surface area contributed by atoms with Gasteiger partial charge in [-0.3, -0.25) is 4.79 Å². The summed E-state index contributed by atoms with van der Waals surface area (Å²) in [6.07, 6.45) is 4.90. The molecule has 1 aliphatic heterocycles. The molecule has 1 saturated heterocycles. The van der Waals surface area contributed by atoms with Gasteiger partial charge in [0.2, 0.25) is 0 Å². The molecule has 2 aliphatic rings. The Hall–Kier alpha value is -1.69. The van der Waals surface area contributed by atoms with E-state index >= 15 is 0 Å². The quantitative estimate of drug-likeness (QED) is 0.790. The van der Waals surface area contributed by atoms with E-state index in [-0.39, 0.29) is 12.5 Å². The third-order valence-corrected chi connectivity index (χ3v) is 5.65. The number of likely N-dealkylation sites (N-methyl/N-ethyl adjacent to an activating group) is 1. The van der Waals surface area contributed by atoms with E-state index in [0.29, 0.717) is 12.1 Å². The molecule has 25 heavy (non-hydrogen) atoms. The molecule has 1 saturated carbocycles. The van der Waals surface area contributed by atoms with Gasteiger partial charge in [0.1, 0.15) is 0 Å². The van der Waals surface area contributed by atoms with E-state index in [1.165, 1.54) is 19.4 Å². The zero-order valence-electron chi connectivity index (χ0n) is 15.9. The van der Waals surface area contributed by atoms with Gasteiger partial charge in [-0.1, -0.05) is 0 Å².